The maximum atomic E-state index is 15.9. The average molecular weight is 597 g/mol. The molecule has 2 amide bonds. The molecule has 2 fully saturated rings. The second kappa shape index (κ2) is 12.0. The number of carbonyl (C=O) groups is 2. The molecule has 2 aliphatic heterocycles. The number of aromatic nitrogens is 3. The number of anilines is 1. The molecular weight excluding hydrogens is 555 g/mol. The lowest BCUT2D eigenvalue weighted by atomic mass is 10.1. The molecule has 3 aromatic rings. The van der Waals surface area contributed by atoms with E-state index >= 15 is 4.39 Å². The summed E-state index contributed by atoms with van der Waals surface area (Å²) in [6.07, 6.45) is 3.09. The summed E-state index contributed by atoms with van der Waals surface area (Å²) in [5.41, 5.74) is 0.251. The fourth-order valence-corrected chi connectivity index (χ4v) is 5.94. The third-order valence-electron chi connectivity index (χ3n) is 8.01. The lowest BCUT2D eigenvalue weighted by molar-refractivity contribution is -0.0468. The minimum absolute atomic E-state index is 0.00128. The number of hydrogen-bond acceptors (Lipinski definition) is 8. The fraction of sp³-hybridized carbons (Fsp3) is 0.548. The number of benzene rings is 1. The topological polar surface area (TPSA) is 111 Å². The van der Waals surface area contributed by atoms with Crippen LogP contribution in [0.2, 0.25) is 0 Å². The van der Waals surface area contributed by atoms with Crippen molar-refractivity contribution in [2.45, 2.75) is 77.8 Å². The monoisotopic (exact) mass is 596 g/mol. The van der Waals surface area contributed by atoms with Gasteiger partial charge in [0, 0.05) is 37.4 Å². The van der Waals surface area contributed by atoms with Crippen LogP contribution in [0.5, 0.6) is 5.75 Å². The average Bonchev–Trinajstić information content (AvgIpc) is 3.52. The highest BCUT2D eigenvalue weighted by Crippen LogP contribution is 2.36. The highest BCUT2D eigenvalue weighted by molar-refractivity contribution is 6.00. The van der Waals surface area contributed by atoms with E-state index in [0.717, 1.165) is 18.7 Å². The first kappa shape index (κ1) is 30.5. The van der Waals surface area contributed by atoms with Gasteiger partial charge in [-0.3, -0.25) is 4.79 Å². The van der Waals surface area contributed by atoms with Crippen LogP contribution in [0.25, 0.3) is 22.4 Å². The molecule has 0 aliphatic carbocycles. The molecule has 43 heavy (non-hydrogen) atoms. The summed E-state index contributed by atoms with van der Waals surface area (Å²) in [5, 5.41) is 2.48. The van der Waals surface area contributed by atoms with E-state index in [2.05, 4.69) is 24.1 Å². The van der Waals surface area contributed by atoms with Crippen molar-refractivity contribution in [3.8, 4) is 17.1 Å². The first-order valence-corrected chi connectivity index (χ1v) is 14.7. The molecule has 2 saturated heterocycles. The highest BCUT2D eigenvalue weighted by Gasteiger charge is 2.32. The summed E-state index contributed by atoms with van der Waals surface area (Å²) in [6.45, 7) is 11.1. The maximum Gasteiger partial charge on any atom is 0.410 e. The van der Waals surface area contributed by atoms with Gasteiger partial charge in [0.2, 0.25) is 0 Å². The predicted molar refractivity (Wildman–Crippen MR) is 161 cm³/mol. The van der Waals surface area contributed by atoms with Crippen LogP contribution in [-0.2, 0) is 16.0 Å². The third kappa shape index (κ3) is 6.11. The molecule has 3 atom stereocenters. The normalized spacial score (nSPS) is 20.9. The maximum absolute atomic E-state index is 15.9. The highest BCUT2D eigenvalue weighted by atomic mass is 19.1. The zero-order chi connectivity index (χ0) is 31.1. The van der Waals surface area contributed by atoms with Gasteiger partial charge in [-0.25, -0.2) is 19.2 Å². The number of rotatable bonds is 6. The van der Waals surface area contributed by atoms with Crippen molar-refractivity contribution in [2.24, 2.45) is 0 Å². The zero-order valence-corrected chi connectivity index (χ0v) is 25.9. The van der Waals surface area contributed by atoms with Crippen molar-refractivity contribution in [3.05, 3.63) is 35.8 Å². The fourth-order valence-electron chi connectivity index (χ4n) is 5.94. The largest absolute Gasteiger partial charge is 0.494 e. The molecule has 0 unspecified atom stereocenters. The standard InChI is InChI=1S/C31H41FN6O5/c1-18-8-9-19(2)38(18)24-11-10-20(15-34-24)28-35-26-25(32)22(29(39)33-6)14-23(41-7)27(26)37(28)17-21-16-36(12-13-42-21)30(40)43-31(3,4)5/h10-11,14-15,18-19,21H,8-9,12-13,16-17H2,1-7H3,(H,33,39)/t18-,19-,21-/m0/s1. The summed E-state index contributed by atoms with van der Waals surface area (Å²) in [6, 6.07) is 6.04. The molecule has 2 aliphatic rings. The van der Waals surface area contributed by atoms with E-state index in [4.69, 9.17) is 24.2 Å². The molecule has 0 bridgehead atoms. The van der Waals surface area contributed by atoms with Crippen LogP contribution in [0.4, 0.5) is 15.0 Å². The molecule has 11 nitrogen and oxygen atoms in total. The Kier molecular flexibility index (Phi) is 8.51. The smallest absolute Gasteiger partial charge is 0.410 e. The number of imidazole rings is 1. The van der Waals surface area contributed by atoms with E-state index in [0.29, 0.717) is 42.1 Å². The van der Waals surface area contributed by atoms with Gasteiger partial charge in [-0.05, 0) is 65.7 Å². The van der Waals surface area contributed by atoms with Gasteiger partial charge in [-0.1, -0.05) is 0 Å². The Hall–Kier alpha value is -3.93. The van der Waals surface area contributed by atoms with Gasteiger partial charge >= 0.3 is 6.09 Å². The number of carbonyl (C=O) groups excluding carboxylic acids is 2. The van der Waals surface area contributed by atoms with Crippen molar-refractivity contribution >= 4 is 28.9 Å². The van der Waals surface area contributed by atoms with Crippen LogP contribution < -0.4 is 15.0 Å². The van der Waals surface area contributed by atoms with Crippen molar-refractivity contribution in [1.29, 1.82) is 0 Å². The van der Waals surface area contributed by atoms with Gasteiger partial charge in [-0.2, -0.15) is 0 Å². The number of fused-ring (bicyclic) bond motifs is 1. The van der Waals surface area contributed by atoms with Crippen molar-refractivity contribution in [2.75, 3.05) is 38.8 Å². The van der Waals surface area contributed by atoms with Gasteiger partial charge in [0.15, 0.2) is 5.82 Å². The Bertz CT molecular complexity index is 1490. The molecule has 2 aromatic heterocycles. The molecule has 1 N–H and O–H groups in total. The minimum Gasteiger partial charge on any atom is -0.494 e. The quantitative estimate of drug-likeness (QED) is 0.439. The molecule has 0 radical (unpaired) electrons. The van der Waals surface area contributed by atoms with Crippen molar-refractivity contribution in [3.63, 3.8) is 0 Å². The number of nitrogens with one attached hydrogen (secondary N) is 1. The van der Waals surface area contributed by atoms with Crippen LogP contribution >= 0.6 is 0 Å². The SMILES string of the molecule is CNC(=O)c1cc(OC)c2c(nc(-c3ccc(N4[C@@H](C)CC[C@@H]4C)nc3)n2C[C@@H]2CN(C(=O)OC(C)(C)C)CCO2)c1F. The Balaban J connectivity index is 1.57. The van der Waals surface area contributed by atoms with Gasteiger partial charge in [0.05, 0.1) is 38.5 Å². The molecule has 4 heterocycles. The van der Waals surface area contributed by atoms with E-state index in [9.17, 15) is 9.59 Å². The number of morpholine rings is 1. The Morgan fingerprint density at radius 3 is 2.51 bits per heavy atom. The van der Waals surface area contributed by atoms with E-state index in [1.54, 1.807) is 11.1 Å². The number of pyridine rings is 1. The van der Waals surface area contributed by atoms with E-state index in [-0.39, 0.29) is 29.9 Å². The van der Waals surface area contributed by atoms with Crippen LogP contribution in [0.3, 0.4) is 0 Å². The molecule has 5 rings (SSSR count). The molecule has 0 saturated carbocycles. The van der Waals surface area contributed by atoms with Crippen LogP contribution in [0.1, 0.15) is 57.8 Å². The second-order valence-electron chi connectivity index (χ2n) is 12.3. The molecular formula is C31H41FN6O5. The second-order valence-corrected chi connectivity index (χ2v) is 12.3. The van der Waals surface area contributed by atoms with Crippen molar-refractivity contribution < 1.29 is 28.2 Å². The number of hydrogen-bond donors (Lipinski definition) is 1. The third-order valence-corrected chi connectivity index (χ3v) is 8.01. The van der Waals surface area contributed by atoms with Crippen molar-refractivity contribution in [1.82, 2.24) is 24.8 Å². The first-order valence-electron chi connectivity index (χ1n) is 14.7. The number of amides is 2. The van der Waals surface area contributed by atoms with E-state index in [1.807, 2.05) is 37.5 Å². The lowest BCUT2D eigenvalue weighted by Gasteiger charge is -2.34. The number of methoxy groups -OCH3 is 1. The Labute approximate surface area is 251 Å². The number of ether oxygens (including phenoxy) is 3. The number of nitrogens with zero attached hydrogens (tertiary/aromatic N) is 5. The molecule has 0 spiro atoms. The van der Waals surface area contributed by atoms with Gasteiger partial charge in [0.25, 0.3) is 5.91 Å². The van der Waals surface area contributed by atoms with Gasteiger partial charge < -0.3 is 33.9 Å². The van der Waals surface area contributed by atoms with Gasteiger partial charge in [-0.15, -0.1) is 0 Å². The molecule has 232 valence electrons. The zero-order valence-electron chi connectivity index (χ0n) is 25.9. The Morgan fingerprint density at radius 1 is 1.19 bits per heavy atom. The summed E-state index contributed by atoms with van der Waals surface area (Å²) >= 11 is 0. The van der Waals surface area contributed by atoms with Crippen LogP contribution in [-0.4, -0.2) is 89.1 Å². The van der Waals surface area contributed by atoms with Crippen LogP contribution in [0.15, 0.2) is 24.4 Å². The summed E-state index contributed by atoms with van der Waals surface area (Å²) < 4.78 is 35.0. The molecule has 1 aromatic carbocycles. The minimum atomic E-state index is -0.751. The molecule has 12 heteroatoms. The predicted octanol–water partition coefficient (Wildman–Crippen LogP) is 4.62. The number of halogens is 1. The Morgan fingerprint density at radius 2 is 1.91 bits per heavy atom. The summed E-state index contributed by atoms with van der Waals surface area (Å²) in [7, 11) is 2.90. The van der Waals surface area contributed by atoms with Crippen LogP contribution in [0, 0.1) is 5.82 Å². The van der Waals surface area contributed by atoms with E-state index < -0.39 is 29.5 Å². The van der Waals surface area contributed by atoms with E-state index in [1.165, 1.54) is 20.2 Å². The summed E-state index contributed by atoms with van der Waals surface area (Å²) in [5.74, 6) is 0.272. The van der Waals surface area contributed by atoms with Gasteiger partial charge in [0.1, 0.15) is 34.0 Å². The summed E-state index contributed by atoms with van der Waals surface area (Å²) in [4.78, 5) is 38.8. The first-order chi connectivity index (χ1) is 20.4. The lowest BCUT2D eigenvalue weighted by Crippen LogP contribution is -2.48.